The second kappa shape index (κ2) is 6.78. The van der Waals surface area contributed by atoms with E-state index in [1.165, 1.54) is 24.3 Å². The number of aromatic nitrogens is 1. The highest BCUT2D eigenvalue weighted by atomic mass is 32.2. The Morgan fingerprint density at radius 3 is 2.77 bits per heavy atom. The van der Waals surface area contributed by atoms with Crippen molar-refractivity contribution < 1.29 is 0 Å². The van der Waals surface area contributed by atoms with E-state index in [2.05, 4.69) is 16.6 Å². The van der Waals surface area contributed by atoms with Crippen molar-refractivity contribution in [3.8, 4) is 0 Å². The fourth-order valence-corrected chi connectivity index (χ4v) is 1.57. The van der Waals surface area contributed by atoms with Gasteiger partial charge in [-0.15, -0.1) is 0 Å². The minimum absolute atomic E-state index is 1.06. The highest BCUT2D eigenvalue weighted by Crippen LogP contribution is 2.04. The van der Waals surface area contributed by atoms with Crippen LogP contribution >= 0.6 is 11.8 Å². The lowest BCUT2D eigenvalue weighted by Gasteiger charge is -2.04. The summed E-state index contributed by atoms with van der Waals surface area (Å²) in [5.74, 6) is 1.26. The lowest BCUT2D eigenvalue weighted by Crippen LogP contribution is -2.01. The highest BCUT2D eigenvalue weighted by molar-refractivity contribution is 7.98. The second-order valence-electron chi connectivity index (χ2n) is 2.86. The van der Waals surface area contributed by atoms with E-state index in [1.54, 1.807) is 0 Å². The van der Waals surface area contributed by atoms with Crippen LogP contribution in [0, 0.1) is 0 Å². The van der Waals surface area contributed by atoms with Gasteiger partial charge in [-0.2, -0.15) is 11.8 Å². The van der Waals surface area contributed by atoms with E-state index in [0.717, 1.165) is 6.54 Å². The van der Waals surface area contributed by atoms with E-state index in [-0.39, 0.29) is 0 Å². The molecule has 72 valence electrons. The molecular weight excluding hydrogens is 180 g/mol. The molecule has 0 bridgehead atoms. The number of nitrogens with one attached hydrogen (secondary N) is 1. The lowest BCUT2D eigenvalue weighted by atomic mass is 10.3. The number of nitrogens with zero attached hydrogens (tertiary/aromatic N) is 1. The van der Waals surface area contributed by atoms with Crippen molar-refractivity contribution in [3.05, 3.63) is 24.5 Å². The normalized spacial score (nSPS) is 9.92. The van der Waals surface area contributed by atoms with E-state index in [9.17, 15) is 0 Å². The van der Waals surface area contributed by atoms with Crippen molar-refractivity contribution >= 4 is 17.4 Å². The largest absolute Gasteiger partial charge is 0.385 e. The number of anilines is 1. The smallest absolute Gasteiger partial charge is 0.0371 e. The first kappa shape index (κ1) is 10.4. The van der Waals surface area contributed by atoms with Gasteiger partial charge in [-0.3, -0.25) is 4.98 Å². The van der Waals surface area contributed by atoms with Gasteiger partial charge in [0.1, 0.15) is 0 Å². The van der Waals surface area contributed by atoms with Crippen LogP contribution in [-0.4, -0.2) is 23.5 Å². The molecule has 0 saturated carbocycles. The summed E-state index contributed by atoms with van der Waals surface area (Å²) in [6, 6.07) is 3.99. The Labute approximate surface area is 84.1 Å². The molecule has 0 aliphatic carbocycles. The molecule has 0 amide bonds. The van der Waals surface area contributed by atoms with Crippen LogP contribution in [0.3, 0.4) is 0 Å². The SMILES string of the molecule is CSCCCCNc1ccncc1. The molecule has 0 fully saturated rings. The van der Waals surface area contributed by atoms with Crippen LogP contribution in [0.25, 0.3) is 0 Å². The quantitative estimate of drug-likeness (QED) is 0.708. The monoisotopic (exact) mass is 196 g/mol. The van der Waals surface area contributed by atoms with Gasteiger partial charge in [0.15, 0.2) is 0 Å². The Morgan fingerprint density at radius 1 is 1.31 bits per heavy atom. The predicted molar refractivity (Wildman–Crippen MR) is 60.3 cm³/mol. The van der Waals surface area contributed by atoms with Crippen LogP contribution < -0.4 is 5.32 Å². The molecule has 0 saturated heterocycles. The Morgan fingerprint density at radius 2 is 2.08 bits per heavy atom. The molecule has 1 rings (SSSR count). The standard InChI is InChI=1S/C10H16N2S/c1-13-9-3-2-6-12-10-4-7-11-8-5-10/h4-5,7-8H,2-3,6,9H2,1H3,(H,11,12). The Bertz CT molecular complexity index is 213. The number of hydrogen-bond acceptors (Lipinski definition) is 3. The second-order valence-corrected chi connectivity index (χ2v) is 3.85. The molecule has 0 unspecified atom stereocenters. The van der Waals surface area contributed by atoms with Crippen LogP contribution in [0.2, 0.25) is 0 Å². The van der Waals surface area contributed by atoms with E-state index < -0.39 is 0 Å². The van der Waals surface area contributed by atoms with E-state index in [4.69, 9.17) is 0 Å². The first-order chi connectivity index (χ1) is 6.43. The summed E-state index contributed by atoms with van der Waals surface area (Å²) in [5, 5.41) is 3.35. The summed E-state index contributed by atoms with van der Waals surface area (Å²) in [7, 11) is 0. The van der Waals surface area contributed by atoms with Gasteiger partial charge in [0, 0.05) is 24.6 Å². The average Bonchev–Trinajstić information content (AvgIpc) is 2.19. The molecule has 1 aromatic heterocycles. The van der Waals surface area contributed by atoms with Gasteiger partial charge in [-0.1, -0.05) is 0 Å². The summed E-state index contributed by atoms with van der Waals surface area (Å²) in [5.41, 5.74) is 1.17. The summed E-state index contributed by atoms with van der Waals surface area (Å²) in [4.78, 5) is 3.96. The molecule has 3 heteroatoms. The van der Waals surface area contributed by atoms with Gasteiger partial charge >= 0.3 is 0 Å². The lowest BCUT2D eigenvalue weighted by molar-refractivity contribution is 0.843. The van der Waals surface area contributed by atoms with Crippen LogP contribution in [0.5, 0.6) is 0 Å². The molecule has 0 aromatic carbocycles. The Balaban J connectivity index is 2.07. The first-order valence-electron chi connectivity index (χ1n) is 4.56. The van der Waals surface area contributed by atoms with Gasteiger partial charge in [-0.05, 0) is 37.0 Å². The zero-order valence-corrected chi connectivity index (χ0v) is 8.81. The first-order valence-corrected chi connectivity index (χ1v) is 5.95. The topological polar surface area (TPSA) is 24.9 Å². The molecule has 0 aliphatic rings. The zero-order chi connectivity index (χ0) is 9.36. The Kier molecular flexibility index (Phi) is 5.41. The zero-order valence-electron chi connectivity index (χ0n) is 7.99. The molecule has 0 radical (unpaired) electrons. The van der Waals surface area contributed by atoms with Gasteiger partial charge < -0.3 is 5.32 Å². The van der Waals surface area contributed by atoms with E-state index >= 15 is 0 Å². The summed E-state index contributed by atoms with van der Waals surface area (Å²) in [6.07, 6.45) is 8.30. The summed E-state index contributed by atoms with van der Waals surface area (Å²) >= 11 is 1.91. The maximum absolute atomic E-state index is 3.96. The van der Waals surface area contributed by atoms with Crippen LogP contribution in [0.15, 0.2) is 24.5 Å². The maximum Gasteiger partial charge on any atom is 0.0371 e. The number of pyridine rings is 1. The molecule has 1 heterocycles. The number of thioether (sulfide) groups is 1. The molecule has 1 aromatic rings. The van der Waals surface area contributed by atoms with E-state index in [1.807, 2.05) is 36.3 Å². The fourth-order valence-electron chi connectivity index (χ4n) is 1.07. The van der Waals surface area contributed by atoms with Crippen molar-refractivity contribution in [1.29, 1.82) is 0 Å². The summed E-state index contributed by atoms with van der Waals surface area (Å²) in [6.45, 7) is 1.06. The third kappa shape index (κ3) is 4.78. The third-order valence-electron chi connectivity index (χ3n) is 1.78. The Hall–Kier alpha value is -0.700. The van der Waals surface area contributed by atoms with E-state index in [0.29, 0.717) is 0 Å². The van der Waals surface area contributed by atoms with Crippen LogP contribution in [0.4, 0.5) is 5.69 Å². The predicted octanol–water partition coefficient (Wildman–Crippen LogP) is 2.64. The fraction of sp³-hybridized carbons (Fsp3) is 0.500. The number of unbranched alkanes of at least 4 members (excludes halogenated alkanes) is 1. The minimum atomic E-state index is 1.06. The van der Waals surface area contributed by atoms with Crippen molar-refractivity contribution in [2.75, 3.05) is 23.9 Å². The van der Waals surface area contributed by atoms with Crippen molar-refractivity contribution in [1.82, 2.24) is 4.98 Å². The minimum Gasteiger partial charge on any atom is -0.385 e. The molecule has 0 atom stereocenters. The van der Waals surface area contributed by atoms with Gasteiger partial charge in [0.05, 0.1) is 0 Å². The van der Waals surface area contributed by atoms with Crippen molar-refractivity contribution in [3.63, 3.8) is 0 Å². The summed E-state index contributed by atoms with van der Waals surface area (Å²) < 4.78 is 0. The van der Waals surface area contributed by atoms with Crippen molar-refractivity contribution in [2.45, 2.75) is 12.8 Å². The average molecular weight is 196 g/mol. The molecule has 1 N–H and O–H groups in total. The highest BCUT2D eigenvalue weighted by Gasteiger charge is 1.89. The third-order valence-corrected chi connectivity index (χ3v) is 2.48. The molecule has 0 aliphatic heterocycles. The van der Waals surface area contributed by atoms with Gasteiger partial charge in [0.2, 0.25) is 0 Å². The molecule has 13 heavy (non-hydrogen) atoms. The molecule has 0 spiro atoms. The maximum atomic E-state index is 3.96. The van der Waals surface area contributed by atoms with Crippen LogP contribution in [-0.2, 0) is 0 Å². The number of rotatable bonds is 6. The van der Waals surface area contributed by atoms with Gasteiger partial charge in [-0.25, -0.2) is 0 Å². The number of hydrogen-bond donors (Lipinski definition) is 1. The van der Waals surface area contributed by atoms with Gasteiger partial charge in [0.25, 0.3) is 0 Å². The molecule has 2 nitrogen and oxygen atoms in total. The van der Waals surface area contributed by atoms with Crippen molar-refractivity contribution in [2.24, 2.45) is 0 Å². The molecular formula is C10H16N2S. The van der Waals surface area contributed by atoms with Crippen LogP contribution in [0.1, 0.15) is 12.8 Å².